The van der Waals surface area contributed by atoms with Gasteiger partial charge in [-0.05, 0) is 12.1 Å². The molecule has 1 aromatic rings. The maximum atomic E-state index is 5.68. The molecular formula is C6H2Cl3NS. The van der Waals surface area contributed by atoms with Crippen molar-refractivity contribution >= 4 is 52.9 Å². The van der Waals surface area contributed by atoms with Crippen LogP contribution < -0.4 is 0 Å². The van der Waals surface area contributed by atoms with E-state index in [1.165, 1.54) is 0 Å². The fourth-order valence-electron chi connectivity index (χ4n) is 0.595. The Morgan fingerprint density at radius 2 is 1.55 bits per heavy atom. The molecule has 1 nitrogen and oxygen atoms in total. The summed E-state index contributed by atoms with van der Waals surface area (Å²) in [5.41, 5.74) is 0.541. The van der Waals surface area contributed by atoms with Crippen LogP contribution in [0.3, 0.4) is 0 Å². The lowest BCUT2D eigenvalue weighted by molar-refractivity contribution is 1.57. The van der Waals surface area contributed by atoms with Crippen LogP contribution in [0.25, 0.3) is 0 Å². The molecule has 0 fully saturated rings. The van der Waals surface area contributed by atoms with Gasteiger partial charge in [-0.3, -0.25) is 0 Å². The molecule has 0 aliphatic rings. The first kappa shape index (κ1) is 9.20. The molecule has 0 bridgehead atoms. The molecule has 0 atom stereocenters. The van der Waals surface area contributed by atoms with Crippen molar-refractivity contribution in [2.75, 3.05) is 0 Å². The Kier molecular flexibility index (Phi) is 3.07. The van der Waals surface area contributed by atoms with Crippen LogP contribution in [0.15, 0.2) is 16.5 Å². The van der Waals surface area contributed by atoms with Gasteiger partial charge in [-0.1, -0.05) is 34.8 Å². The van der Waals surface area contributed by atoms with E-state index in [1.54, 1.807) is 12.1 Å². The summed E-state index contributed by atoms with van der Waals surface area (Å²) >= 11 is 21.5. The lowest BCUT2D eigenvalue weighted by Crippen LogP contribution is -1.71. The summed E-state index contributed by atoms with van der Waals surface area (Å²) in [4.78, 5) is 0. The smallest absolute Gasteiger partial charge is 0.0800 e. The lowest BCUT2D eigenvalue weighted by Gasteiger charge is -1.98. The summed E-state index contributed by atoms with van der Waals surface area (Å²) in [6.45, 7) is 0. The molecule has 0 saturated carbocycles. The number of nitrogens with zero attached hydrogens (tertiary/aromatic N) is 1. The second-order valence-electron chi connectivity index (χ2n) is 1.81. The molecule has 0 unspecified atom stereocenters. The monoisotopic (exact) mass is 225 g/mol. The minimum absolute atomic E-state index is 0.329. The predicted molar refractivity (Wildman–Crippen MR) is 50.9 cm³/mol. The van der Waals surface area contributed by atoms with E-state index >= 15 is 0 Å². The van der Waals surface area contributed by atoms with Gasteiger partial charge in [0, 0.05) is 12.4 Å². The van der Waals surface area contributed by atoms with Crippen molar-refractivity contribution in [1.82, 2.24) is 0 Å². The molecule has 11 heavy (non-hydrogen) atoms. The van der Waals surface area contributed by atoms with Crippen LogP contribution in [-0.2, 0) is 12.4 Å². The SMILES string of the molecule is S=Nc1cc(Cl)c(Cl)c(Cl)c1. The fraction of sp³-hybridized carbons (Fsp3) is 0. The van der Waals surface area contributed by atoms with Crippen LogP contribution in [0, 0.1) is 0 Å². The highest BCUT2D eigenvalue weighted by molar-refractivity contribution is 7.47. The second-order valence-corrected chi connectivity index (χ2v) is 3.19. The van der Waals surface area contributed by atoms with Gasteiger partial charge in [-0.2, -0.15) is 4.36 Å². The standard InChI is InChI=1S/C6H2Cl3NS/c7-4-1-3(10-11)2-5(8)6(4)9/h1-2H. The summed E-state index contributed by atoms with van der Waals surface area (Å²) in [6, 6.07) is 3.12. The van der Waals surface area contributed by atoms with Crippen LogP contribution in [0.5, 0.6) is 0 Å². The van der Waals surface area contributed by atoms with Crippen LogP contribution in [0.1, 0.15) is 0 Å². The van der Waals surface area contributed by atoms with Gasteiger partial charge < -0.3 is 0 Å². The number of rotatable bonds is 1. The van der Waals surface area contributed by atoms with Crippen LogP contribution in [-0.4, -0.2) is 0 Å². The average Bonchev–Trinajstić information content (AvgIpc) is 1.99. The Bertz CT molecular complexity index is 277. The first-order valence-corrected chi connectivity index (χ1v) is 4.13. The molecule has 1 aromatic carbocycles. The van der Waals surface area contributed by atoms with E-state index in [-0.39, 0.29) is 0 Å². The van der Waals surface area contributed by atoms with Crippen molar-refractivity contribution in [2.45, 2.75) is 0 Å². The predicted octanol–water partition coefficient (Wildman–Crippen LogP) is 4.01. The lowest BCUT2D eigenvalue weighted by atomic mass is 10.3. The van der Waals surface area contributed by atoms with Gasteiger partial charge in [0.25, 0.3) is 0 Å². The van der Waals surface area contributed by atoms with Crippen molar-refractivity contribution in [3.05, 3.63) is 27.2 Å². The first-order chi connectivity index (χ1) is 5.15. The van der Waals surface area contributed by atoms with Gasteiger partial charge in [0.15, 0.2) is 0 Å². The van der Waals surface area contributed by atoms with Crippen LogP contribution in [0.4, 0.5) is 5.69 Å². The van der Waals surface area contributed by atoms with Crippen molar-refractivity contribution in [1.29, 1.82) is 0 Å². The van der Waals surface area contributed by atoms with E-state index in [1.807, 2.05) is 0 Å². The Hall–Kier alpha value is 0.110. The Balaban J connectivity index is 3.31. The summed E-state index contributed by atoms with van der Waals surface area (Å²) in [7, 11) is 0. The molecule has 58 valence electrons. The quantitative estimate of drug-likeness (QED) is 0.659. The van der Waals surface area contributed by atoms with Crippen molar-refractivity contribution in [3.63, 3.8) is 0 Å². The normalized spacial score (nSPS) is 9.73. The van der Waals surface area contributed by atoms with Gasteiger partial charge >= 0.3 is 0 Å². The zero-order valence-electron chi connectivity index (χ0n) is 5.14. The highest BCUT2D eigenvalue weighted by Crippen LogP contribution is 2.33. The van der Waals surface area contributed by atoms with Gasteiger partial charge in [-0.25, -0.2) is 0 Å². The van der Waals surface area contributed by atoms with E-state index < -0.39 is 0 Å². The van der Waals surface area contributed by atoms with Crippen molar-refractivity contribution in [2.24, 2.45) is 4.36 Å². The third kappa shape index (κ3) is 2.03. The molecule has 0 aliphatic heterocycles. The van der Waals surface area contributed by atoms with E-state index in [4.69, 9.17) is 34.8 Å². The number of hydrogen-bond donors (Lipinski definition) is 0. The van der Waals surface area contributed by atoms with E-state index in [2.05, 4.69) is 16.8 Å². The zero-order valence-corrected chi connectivity index (χ0v) is 8.23. The largest absolute Gasteiger partial charge is 0.182 e. The van der Waals surface area contributed by atoms with Crippen molar-refractivity contribution in [3.8, 4) is 0 Å². The molecule has 0 aliphatic carbocycles. The Morgan fingerprint density at radius 3 is 1.91 bits per heavy atom. The number of halogens is 3. The van der Waals surface area contributed by atoms with Gasteiger partial charge in [-0.15, -0.1) is 0 Å². The Morgan fingerprint density at radius 1 is 1.09 bits per heavy atom. The van der Waals surface area contributed by atoms with Crippen molar-refractivity contribution < 1.29 is 0 Å². The molecule has 0 heterocycles. The second kappa shape index (κ2) is 3.68. The van der Waals surface area contributed by atoms with Gasteiger partial charge in [0.1, 0.15) is 0 Å². The van der Waals surface area contributed by atoms with E-state index in [0.717, 1.165) is 0 Å². The minimum Gasteiger partial charge on any atom is -0.182 e. The minimum atomic E-state index is 0.329. The zero-order chi connectivity index (χ0) is 8.43. The summed E-state index contributed by atoms with van der Waals surface area (Å²) in [5, 5.41) is 1.06. The van der Waals surface area contributed by atoms with E-state index in [0.29, 0.717) is 20.8 Å². The molecule has 1 rings (SSSR count). The van der Waals surface area contributed by atoms with Gasteiger partial charge in [0.2, 0.25) is 0 Å². The highest BCUT2D eigenvalue weighted by atomic mass is 35.5. The maximum Gasteiger partial charge on any atom is 0.0800 e. The average molecular weight is 227 g/mol. The molecule has 0 saturated heterocycles. The molecule has 0 aromatic heterocycles. The Labute approximate surface area is 84.4 Å². The number of benzene rings is 1. The van der Waals surface area contributed by atoms with E-state index in [9.17, 15) is 0 Å². The topological polar surface area (TPSA) is 12.4 Å². The molecule has 0 amide bonds. The van der Waals surface area contributed by atoms with Crippen LogP contribution >= 0.6 is 34.8 Å². The summed E-state index contributed by atoms with van der Waals surface area (Å²) < 4.78 is 3.49. The highest BCUT2D eigenvalue weighted by Gasteiger charge is 2.04. The molecule has 0 N–H and O–H groups in total. The molecule has 5 heteroatoms. The maximum absolute atomic E-state index is 5.68. The fourth-order valence-corrected chi connectivity index (χ4v) is 1.28. The summed E-state index contributed by atoms with van der Waals surface area (Å²) in [6.07, 6.45) is 0. The van der Waals surface area contributed by atoms with Crippen LogP contribution in [0.2, 0.25) is 15.1 Å². The molecule has 0 spiro atoms. The summed E-state index contributed by atoms with van der Waals surface area (Å²) in [5.74, 6) is 0. The molecular weight excluding hydrogens is 224 g/mol. The number of hydrogen-bond acceptors (Lipinski definition) is 2. The third-order valence-corrected chi connectivity index (χ3v) is 2.48. The van der Waals surface area contributed by atoms with Gasteiger partial charge in [0.05, 0.1) is 20.8 Å². The molecule has 0 radical (unpaired) electrons. The third-order valence-electron chi connectivity index (χ3n) is 1.07. The first-order valence-electron chi connectivity index (χ1n) is 2.63.